The van der Waals surface area contributed by atoms with Crippen LogP contribution in [0.25, 0.3) is 10.9 Å². The largest absolute Gasteiger partial charge is 0.488 e. The average molecular weight is 525 g/mol. The summed E-state index contributed by atoms with van der Waals surface area (Å²) in [5, 5.41) is 13.4. The van der Waals surface area contributed by atoms with E-state index in [0.29, 0.717) is 51.0 Å². The first-order chi connectivity index (χ1) is 17.8. The van der Waals surface area contributed by atoms with Gasteiger partial charge in [0.15, 0.2) is 0 Å². The van der Waals surface area contributed by atoms with E-state index in [4.69, 9.17) is 26.2 Å². The van der Waals surface area contributed by atoms with Gasteiger partial charge in [0.05, 0.1) is 22.5 Å². The van der Waals surface area contributed by atoms with Gasteiger partial charge >= 0.3 is 0 Å². The minimum absolute atomic E-state index is 0.179. The molecule has 1 amide bonds. The molecule has 0 aliphatic rings. The van der Waals surface area contributed by atoms with Gasteiger partial charge in [-0.3, -0.25) is 4.79 Å². The van der Waals surface area contributed by atoms with E-state index in [9.17, 15) is 9.18 Å². The molecule has 37 heavy (non-hydrogen) atoms. The molecular weight excluding hydrogens is 499 g/mol. The van der Waals surface area contributed by atoms with Crippen molar-refractivity contribution in [1.29, 1.82) is 0 Å². The van der Waals surface area contributed by atoms with Crippen molar-refractivity contribution in [3.63, 3.8) is 0 Å². The lowest BCUT2D eigenvalue weighted by Crippen LogP contribution is -2.37. The quantitative estimate of drug-likeness (QED) is 0.302. The number of carbonyl (C=O) groups excluding carboxylic acids is 1. The Hall–Kier alpha value is -3.95. The third kappa shape index (κ3) is 6.63. The number of nitrogens with one attached hydrogen (secondary N) is 1. The summed E-state index contributed by atoms with van der Waals surface area (Å²) in [5.74, 6) is 0.797. The van der Waals surface area contributed by atoms with Crippen LogP contribution in [0.3, 0.4) is 0 Å². The van der Waals surface area contributed by atoms with Crippen molar-refractivity contribution < 1.29 is 23.8 Å². The summed E-state index contributed by atoms with van der Waals surface area (Å²) in [7, 11) is 1.60. The van der Waals surface area contributed by atoms with Crippen molar-refractivity contribution in [2.75, 3.05) is 25.5 Å². The fourth-order valence-corrected chi connectivity index (χ4v) is 3.99. The summed E-state index contributed by atoms with van der Waals surface area (Å²) in [4.78, 5) is 21.9. The van der Waals surface area contributed by atoms with Crippen molar-refractivity contribution in [2.45, 2.75) is 19.6 Å². The lowest BCUT2D eigenvalue weighted by atomic mass is 10.2. The van der Waals surface area contributed by atoms with Gasteiger partial charge in [-0.15, -0.1) is 0 Å². The summed E-state index contributed by atoms with van der Waals surface area (Å²) >= 11 is 6.45. The molecule has 8 nitrogen and oxygen atoms in total. The summed E-state index contributed by atoms with van der Waals surface area (Å²) < 4.78 is 25.3. The van der Waals surface area contributed by atoms with Gasteiger partial charge < -0.3 is 24.8 Å². The Labute approximate surface area is 218 Å². The summed E-state index contributed by atoms with van der Waals surface area (Å²) in [6, 6.07) is 16.9. The molecule has 0 saturated carbocycles. The number of halogens is 2. The highest BCUT2D eigenvalue weighted by Crippen LogP contribution is 2.34. The number of aliphatic hydroxyl groups is 1. The van der Waals surface area contributed by atoms with Gasteiger partial charge in [-0.2, -0.15) is 0 Å². The summed E-state index contributed by atoms with van der Waals surface area (Å²) in [6.07, 6.45) is 1.09. The van der Waals surface area contributed by atoms with E-state index in [0.717, 1.165) is 0 Å². The maximum absolute atomic E-state index is 13.4. The van der Waals surface area contributed by atoms with Crippen LogP contribution >= 0.6 is 11.6 Å². The lowest BCUT2D eigenvalue weighted by Gasteiger charge is -2.23. The van der Waals surface area contributed by atoms with Gasteiger partial charge in [0.2, 0.25) is 5.91 Å². The zero-order valence-electron chi connectivity index (χ0n) is 20.3. The zero-order valence-corrected chi connectivity index (χ0v) is 21.1. The molecule has 0 fully saturated rings. The molecule has 3 aromatic carbocycles. The Kier molecular flexibility index (Phi) is 8.37. The second-order valence-electron chi connectivity index (χ2n) is 8.42. The molecule has 1 atom stereocenters. The maximum Gasteiger partial charge on any atom is 0.248 e. The molecule has 192 valence electrons. The van der Waals surface area contributed by atoms with E-state index < -0.39 is 6.61 Å². The number of benzene rings is 3. The standard InChI is InChI=1S/C27H26ClFN4O4/c1-17(13-33(2)25(35)14-34)37-24-8-4-7-22-26(24)27(31-16-30-22)32-20-9-10-23(21(28)12-20)36-15-18-5-3-6-19(29)11-18/h3-12,16-17,34H,13-15H2,1-2H3,(H,30,31,32). The number of hydrogen-bond acceptors (Lipinski definition) is 7. The van der Waals surface area contributed by atoms with Gasteiger partial charge in [0.1, 0.15) is 48.8 Å². The predicted molar refractivity (Wildman–Crippen MR) is 140 cm³/mol. The first-order valence-electron chi connectivity index (χ1n) is 11.5. The van der Waals surface area contributed by atoms with E-state index in [1.807, 2.05) is 19.1 Å². The molecule has 2 N–H and O–H groups in total. The molecule has 4 rings (SSSR count). The molecule has 1 unspecified atom stereocenters. The minimum atomic E-state index is -0.559. The molecule has 0 spiro atoms. The fraction of sp³-hybridized carbons (Fsp3) is 0.222. The minimum Gasteiger partial charge on any atom is -0.488 e. The molecule has 0 saturated heterocycles. The van der Waals surface area contributed by atoms with Gasteiger partial charge in [0.25, 0.3) is 0 Å². The van der Waals surface area contributed by atoms with Crippen molar-refractivity contribution in [2.24, 2.45) is 0 Å². The molecule has 10 heteroatoms. The van der Waals surface area contributed by atoms with Crippen molar-refractivity contribution >= 4 is 39.9 Å². The Morgan fingerprint density at radius 2 is 1.95 bits per heavy atom. The van der Waals surface area contributed by atoms with Gasteiger partial charge in [-0.1, -0.05) is 29.8 Å². The Morgan fingerprint density at radius 1 is 1.14 bits per heavy atom. The summed E-state index contributed by atoms with van der Waals surface area (Å²) in [5.41, 5.74) is 2.03. The summed E-state index contributed by atoms with van der Waals surface area (Å²) in [6.45, 7) is 1.74. The van der Waals surface area contributed by atoms with Gasteiger partial charge in [0, 0.05) is 12.7 Å². The highest BCUT2D eigenvalue weighted by Gasteiger charge is 2.16. The van der Waals surface area contributed by atoms with E-state index >= 15 is 0 Å². The number of fused-ring (bicyclic) bond motifs is 1. The zero-order chi connectivity index (χ0) is 26.4. The Morgan fingerprint density at radius 3 is 2.70 bits per heavy atom. The number of ether oxygens (including phenoxy) is 2. The van der Waals surface area contributed by atoms with Crippen LogP contribution in [0, 0.1) is 5.82 Å². The van der Waals surface area contributed by atoms with Crippen LogP contribution < -0.4 is 14.8 Å². The number of anilines is 2. The number of aromatic nitrogens is 2. The van der Waals surface area contributed by atoms with Crippen LogP contribution in [-0.2, 0) is 11.4 Å². The molecular formula is C27H26ClFN4O4. The van der Waals surface area contributed by atoms with Crippen molar-refractivity contribution in [1.82, 2.24) is 14.9 Å². The maximum atomic E-state index is 13.4. The average Bonchev–Trinajstić information content (AvgIpc) is 2.88. The van der Waals surface area contributed by atoms with Crippen LogP contribution in [0.2, 0.25) is 5.02 Å². The van der Waals surface area contributed by atoms with E-state index in [-0.39, 0.29) is 24.4 Å². The van der Waals surface area contributed by atoms with Crippen LogP contribution in [0.15, 0.2) is 67.0 Å². The second kappa shape index (κ2) is 11.9. The third-order valence-corrected chi connectivity index (χ3v) is 5.82. The normalized spacial score (nSPS) is 11.7. The van der Waals surface area contributed by atoms with Crippen LogP contribution in [-0.4, -0.2) is 52.2 Å². The van der Waals surface area contributed by atoms with Crippen molar-refractivity contribution in [3.05, 3.63) is 83.4 Å². The Bertz CT molecular complexity index is 1400. The molecule has 1 aromatic heterocycles. The van der Waals surface area contributed by atoms with Gasteiger partial charge in [-0.05, 0) is 55.0 Å². The topological polar surface area (TPSA) is 96.8 Å². The second-order valence-corrected chi connectivity index (χ2v) is 8.83. The molecule has 0 aliphatic heterocycles. The number of likely N-dealkylation sites (N-methyl/N-ethyl adjacent to an activating group) is 1. The van der Waals surface area contributed by atoms with Crippen LogP contribution in [0.4, 0.5) is 15.9 Å². The molecule has 0 aliphatic carbocycles. The van der Waals surface area contributed by atoms with Crippen LogP contribution in [0.5, 0.6) is 11.5 Å². The van der Waals surface area contributed by atoms with E-state index in [1.165, 1.54) is 23.4 Å². The SMILES string of the molecule is CC(CN(C)C(=O)CO)Oc1cccc2ncnc(Nc3ccc(OCc4cccc(F)c4)c(Cl)c3)c12. The number of hydrogen-bond donors (Lipinski definition) is 2. The first kappa shape index (κ1) is 26.1. The fourth-order valence-electron chi connectivity index (χ4n) is 3.75. The third-order valence-electron chi connectivity index (χ3n) is 5.52. The highest BCUT2D eigenvalue weighted by atomic mass is 35.5. The smallest absolute Gasteiger partial charge is 0.248 e. The monoisotopic (exact) mass is 524 g/mol. The van der Waals surface area contributed by atoms with Gasteiger partial charge in [-0.25, -0.2) is 14.4 Å². The first-order valence-corrected chi connectivity index (χ1v) is 11.9. The number of rotatable bonds is 10. The molecule has 4 aromatic rings. The number of nitrogens with zero attached hydrogens (tertiary/aromatic N) is 3. The van der Waals surface area contributed by atoms with Crippen LogP contribution in [0.1, 0.15) is 12.5 Å². The molecule has 0 bridgehead atoms. The Balaban J connectivity index is 1.52. The number of amides is 1. The number of aliphatic hydroxyl groups excluding tert-OH is 1. The number of carbonyl (C=O) groups is 1. The predicted octanol–water partition coefficient (Wildman–Crippen LogP) is 4.96. The molecule has 1 heterocycles. The van der Waals surface area contributed by atoms with Crippen molar-refractivity contribution in [3.8, 4) is 11.5 Å². The highest BCUT2D eigenvalue weighted by molar-refractivity contribution is 6.32. The lowest BCUT2D eigenvalue weighted by molar-refractivity contribution is -0.133. The van der Waals surface area contributed by atoms with E-state index in [2.05, 4.69) is 15.3 Å². The van der Waals surface area contributed by atoms with E-state index in [1.54, 1.807) is 43.4 Å². The molecule has 0 radical (unpaired) electrons.